The SMILES string of the molecule is CCOC(=O)C(CC)c1ccn(C)n1. The number of carbonyl (C=O) groups is 1. The van der Waals surface area contributed by atoms with Crippen LogP contribution in [0.2, 0.25) is 0 Å². The summed E-state index contributed by atoms with van der Waals surface area (Å²) in [6.07, 6.45) is 2.55. The van der Waals surface area contributed by atoms with Crippen molar-refractivity contribution in [3.63, 3.8) is 0 Å². The van der Waals surface area contributed by atoms with E-state index in [9.17, 15) is 4.79 Å². The Hall–Kier alpha value is -1.32. The van der Waals surface area contributed by atoms with Crippen LogP contribution in [0.3, 0.4) is 0 Å². The molecule has 0 aliphatic heterocycles. The van der Waals surface area contributed by atoms with Gasteiger partial charge in [0.05, 0.1) is 12.3 Å². The van der Waals surface area contributed by atoms with Gasteiger partial charge in [0.15, 0.2) is 0 Å². The molecule has 1 aromatic rings. The van der Waals surface area contributed by atoms with Crippen molar-refractivity contribution in [2.45, 2.75) is 26.2 Å². The van der Waals surface area contributed by atoms with Crippen LogP contribution in [-0.2, 0) is 16.6 Å². The minimum atomic E-state index is -0.226. The number of esters is 1. The van der Waals surface area contributed by atoms with Crippen LogP contribution < -0.4 is 0 Å². The lowest BCUT2D eigenvalue weighted by Gasteiger charge is -2.10. The number of aryl methyl sites for hydroxylation is 1. The summed E-state index contributed by atoms with van der Waals surface area (Å²) in [6.45, 7) is 4.18. The van der Waals surface area contributed by atoms with Gasteiger partial charge in [-0.2, -0.15) is 5.10 Å². The molecule has 0 aliphatic rings. The van der Waals surface area contributed by atoms with Crippen molar-refractivity contribution in [1.29, 1.82) is 0 Å². The Bertz CT molecular complexity index is 307. The molecule has 0 amide bonds. The van der Waals surface area contributed by atoms with Crippen molar-refractivity contribution >= 4 is 5.97 Å². The second-order valence-electron chi connectivity index (χ2n) is 3.13. The molecule has 0 aromatic carbocycles. The summed E-state index contributed by atoms with van der Waals surface area (Å²) in [5.41, 5.74) is 0.786. The molecule has 0 aliphatic carbocycles. The van der Waals surface area contributed by atoms with Crippen molar-refractivity contribution in [3.05, 3.63) is 18.0 Å². The Morgan fingerprint density at radius 3 is 2.79 bits per heavy atom. The molecule has 0 radical (unpaired) electrons. The fourth-order valence-electron chi connectivity index (χ4n) is 1.36. The maximum atomic E-state index is 11.5. The molecule has 1 heterocycles. The normalized spacial score (nSPS) is 12.5. The van der Waals surface area contributed by atoms with E-state index in [-0.39, 0.29) is 11.9 Å². The van der Waals surface area contributed by atoms with E-state index in [2.05, 4.69) is 5.10 Å². The third-order valence-corrected chi connectivity index (χ3v) is 2.07. The van der Waals surface area contributed by atoms with Gasteiger partial charge in [-0.25, -0.2) is 0 Å². The average Bonchev–Trinajstić information content (AvgIpc) is 2.54. The van der Waals surface area contributed by atoms with Crippen LogP contribution in [0, 0.1) is 0 Å². The highest BCUT2D eigenvalue weighted by molar-refractivity contribution is 5.77. The molecular weight excluding hydrogens is 180 g/mol. The van der Waals surface area contributed by atoms with E-state index >= 15 is 0 Å². The van der Waals surface area contributed by atoms with Gasteiger partial charge in [0, 0.05) is 13.2 Å². The van der Waals surface area contributed by atoms with Crippen LogP contribution in [0.25, 0.3) is 0 Å². The van der Waals surface area contributed by atoms with E-state index in [1.165, 1.54) is 0 Å². The molecule has 0 spiro atoms. The maximum Gasteiger partial charge on any atom is 0.315 e. The van der Waals surface area contributed by atoms with Gasteiger partial charge in [0.25, 0.3) is 0 Å². The lowest BCUT2D eigenvalue weighted by molar-refractivity contribution is -0.145. The maximum absolute atomic E-state index is 11.5. The first-order chi connectivity index (χ1) is 6.69. The van der Waals surface area contributed by atoms with Crippen LogP contribution in [0.5, 0.6) is 0 Å². The van der Waals surface area contributed by atoms with Gasteiger partial charge in [-0.3, -0.25) is 9.48 Å². The number of carbonyl (C=O) groups excluding carboxylic acids is 1. The zero-order valence-electron chi connectivity index (χ0n) is 8.86. The first kappa shape index (κ1) is 10.8. The summed E-state index contributed by atoms with van der Waals surface area (Å²) in [6, 6.07) is 1.85. The van der Waals surface area contributed by atoms with Gasteiger partial charge in [-0.15, -0.1) is 0 Å². The van der Waals surface area contributed by atoms with Crippen LogP contribution >= 0.6 is 0 Å². The first-order valence-electron chi connectivity index (χ1n) is 4.85. The highest BCUT2D eigenvalue weighted by Gasteiger charge is 2.21. The standard InChI is InChI=1S/C10H16N2O2/c1-4-8(10(13)14-5-2)9-6-7-12(3)11-9/h6-8H,4-5H2,1-3H3. The number of nitrogens with zero attached hydrogens (tertiary/aromatic N) is 2. The molecule has 1 atom stereocenters. The Balaban J connectivity index is 2.76. The summed E-state index contributed by atoms with van der Waals surface area (Å²) >= 11 is 0. The molecule has 0 N–H and O–H groups in total. The van der Waals surface area contributed by atoms with Gasteiger partial charge < -0.3 is 4.74 Å². The second-order valence-corrected chi connectivity index (χ2v) is 3.13. The molecule has 4 nitrogen and oxygen atoms in total. The largest absolute Gasteiger partial charge is 0.465 e. The molecule has 78 valence electrons. The Kier molecular flexibility index (Phi) is 3.68. The average molecular weight is 196 g/mol. The highest BCUT2D eigenvalue weighted by atomic mass is 16.5. The summed E-state index contributed by atoms with van der Waals surface area (Å²) in [4.78, 5) is 11.5. The number of aromatic nitrogens is 2. The van der Waals surface area contributed by atoms with E-state index in [1.54, 1.807) is 4.68 Å². The predicted molar refractivity (Wildman–Crippen MR) is 52.9 cm³/mol. The summed E-state index contributed by atoms with van der Waals surface area (Å²) < 4.78 is 6.66. The molecule has 1 rings (SSSR count). The fraction of sp³-hybridized carbons (Fsp3) is 0.600. The minimum Gasteiger partial charge on any atom is -0.465 e. The predicted octanol–water partition coefficient (Wildman–Crippen LogP) is 1.48. The van der Waals surface area contributed by atoms with Gasteiger partial charge in [0.1, 0.15) is 5.92 Å². The molecule has 1 aromatic heterocycles. The highest BCUT2D eigenvalue weighted by Crippen LogP contribution is 2.18. The molecule has 1 unspecified atom stereocenters. The summed E-state index contributed by atoms with van der Waals surface area (Å²) in [5.74, 6) is -0.412. The fourth-order valence-corrected chi connectivity index (χ4v) is 1.36. The number of ether oxygens (including phenoxy) is 1. The molecule has 4 heteroatoms. The smallest absolute Gasteiger partial charge is 0.315 e. The zero-order chi connectivity index (χ0) is 10.6. The van der Waals surface area contributed by atoms with Gasteiger partial charge in [-0.05, 0) is 19.4 Å². The quantitative estimate of drug-likeness (QED) is 0.685. The topological polar surface area (TPSA) is 44.1 Å². The minimum absolute atomic E-state index is 0.186. The van der Waals surface area contributed by atoms with E-state index in [0.717, 1.165) is 12.1 Å². The Morgan fingerprint density at radius 2 is 2.36 bits per heavy atom. The van der Waals surface area contributed by atoms with Crippen LogP contribution in [0.15, 0.2) is 12.3 Å². The molecule has 0 bridgehead atoms. The molecule has 0 saturated carbocycles. The zero-order valence-corrected chi connectivity index (χ0v) is 8.86. The van der Waals surface area contributed by atoms with Crippen molar-refractivity contribution in [2.24, 2.45) is 7.05 Å². The van der Waals surface area contributed by atoms with Crippen molar-refractivity contribution < 1.29 is 9.53 Å². The van der Waals surface area contributed by atoms with Crippen molar-refractivity contribution in [1.82, 2.24) is 9.78 Å². The van der Waals surface area contributed by atoms with E-state index in [4.69, 9.17) is 4.74 Å². The molecule has 0 saturated heterocycles. The van der Waals surface area contributed by atoms with Crippen LogP contribution in [0.1, 0.15) is 31.9 Å². The third kappa shape index (κ3) is 2.34. The molecule has 0 fully saturated rings. The van der Waals surface area contributed by atoms with E-state index in [0.29, 0.717) is 6.61 Å². The summed E-state index contributed by atoms with van der Waals surface area (Å²) in [7, 11) is 1.83. The second kappa shape index (κ2) is 4.79. The van der Waals surface area contributed by atoms with E-state index in [1.807, 2.05) is 33.2 Å². The Morgan fingerprint density at radius 1 is 1.64 bits per heavy atom. The van der Waals surface area contributed by atoms with E-state index < -0.39 is 0 Å². The van der Waals surface area contributed by atoms with Crippen molar-refractivity contribution in [2.75, 3.05) is 6.61 Å². The molecule has 14 heavy (non-hydrogen) atoms. The molecular formula is C10H16N2O2. The lowest BCUT2D eigenvalue weighted by Crippen LogP contribution is -2.16. The van der Waals surface area contributed by atoms with Crippen molar-refractivity contribution in [3.8, 4) is 0 Å². The Labute approximate surface area is 83.9 Å². The van der Waals surface area contributed by atoms with Crippen LogP contribution in [0.4, 0.5) is 0 Å². The van der Waals surface area contributed by atoms with Gasteiger partial charge >= 0.3 is 5.97 Å². The van der Waals surface area contributed by atoms with Gasteiger partial charge in [0.2, 0.25) is 0 Å². The third-order valence-electron chi connectivity index (χ3n) is 2.07. The van der Waals surface area contributed by atoms with Crippen LogP contribution in [-0.4, -0.2) is 22.4 Å². The summed E-state index contributed by atoms with van der Waals surface area (Å²) in [5, 5.41) is 4.20. The van der Waals surface area contributed by atoms with Gasteiger partial charge in [-0.1, -0.05) is 6.92 Å². The first-order valence-corrected chi connectivity index (χ1v) is 4.85. The number of hydrogen-bond acceptors (Lipinski definition) is 3. The number of rotatable bonds is 4. The lowest BCUT2D eigenvalue weighted by atomic mass is 10.0. The monoisotopic (exact) mass is 196 g/mol. The number of hydrogen-bond donors (Lipinski definition) is 0.